The number of benzene rings is 1. The predicted octanol–water partition coefficient (Wildman–Crippen LogP) is 3.77. The molecule has 1 aliphatic rings. The van der Waals surface area contributed by atoms with Gasteiger partial charge in [0.2, 0.25) is 0 Å². The summed E-state index contributed by atoms with van der Waals surface area (Å²) >= 11 is 1.36. The van der Waals surface area contributed by atoms with Crippen LogP contribution in [-0.4, -0.2) is 38.1 Å². The highest BCUT2D eigenvalue weighted by Crippen LogP contribution is 2.33. The number of carbonyl (C=O) groups is 1. The van der Waals surface area contributed by atoms with Gasteiger partial charge in [-0.25, -0.2) is 8.42 Å². The van der Waals surface area contributed by atoms with Crippen molar-refractivity contribution in [2.75, 3.05) is 18.8 Å². The summed E-state index contributed by atoms with van der Waals surface area (Å²) < 4.78 is 62.9. The monoisotopic (exact) mass is 403 g/mol. The molecule has 1 atom stereocenters. The molecular formula is C17H16F3NO3S2. The highest BCUT2D eigenvalue weighted by molar-refractivity contribution is 7.91. The van der Waals surface area contributed by atoms with E-state index in [0.29, 0.717) is 0 Å². The number of alkyl halides is 3. The molecule has 26 heavy (non-hydrogen) atoms. The van der Waals surface area contributed by atoms with E-state index in [9.17, 15) is 26.4 Å². The Morgan fingerprint density at radius 2 is 1.81 bits per heavy atom. The van der Waals surface area contributed by atoms with Gasteiger partial charge < -0.3 is 4.90 Å². The third kappa shape index (κ3) is 3.93. The summed E-state index contributed by atoms with van der Waals surface area (Å²) in [7, 11) is -3.39. The minimum atomic E-state index is -4.47. The molecule has 4 nitrogen and oxygen atoms in total. The molecule has 3 rings (SSSR count). The molecule has 1 saturated heterocycles. The predicted molar refractivity (Wildman–Crippen MR) is 92.8 cm³/mol. The molecule has 2 aromatic rings. The first-order chi connectivity index (χ1) is 12.2. The van der Waals surface area contributed by atoms with Gasteiger partial charge in [-0.05, 0) is 42.1 Å². The third-order valence-corrected chi connectivity index (χ3v) is 7.59. The van der Waals surface area contributed by atoms with Crippen molar-refractivity contribution < 1.29 is 26.4 Å². The van der Waals surface area contributed by atoms with Crippen LogP contribution in [0.3, 0.4) is 0 Å². The van der Waals surface area contributed by atoms with E-state index in [0.717, 1.165) is 29.1 Å². The SMILES string of the molecule is O=C(c1ccc(C(F)(F)F)cc1)N1CCC(c2cccs2)S(=O)(=O)CC1. The van der Waals surface area contributed by atoms with E-state index in [1.807, 2.05) is 0 Å². The van der Waals surface area contributed by atoms with Crippen LogP contribution in [0, 0.1) is 0 Å². The lowest BCUT2D eigenvalue weighted by Gasteiger charge is -2.20. The van der Waals surface area contributed by atoms with Gasteiger partial charge in [0.15, 0.2) is 9.84 Å². The van der Waals surface area contributed by atoms with Crippen molar-refractivity contribution in [1.82, 2.24) is 4.90 Å². The number of hydrogen-bond acceptors (Lipinski definition) is 4. The Morgan fingerprint density at radius 1 is 1.12 bits per heavy atom. The Labute approximate surface area is 153 Å². The normalized spacial score (nSPS) is 20.6. The van der Waals surface area contributed by atoms with Crippen LogP contribution in [0.4, 0.5) is 13.2 Å². The van der Waals surface area contributed by atoms with E-state index in [-0.39, 0.29) is 30.8 Å². The second-order valence-corrected chi connectivity index (χ2v) is 9.31. The van der Waals surface area contributed by atoms with Gasteiger partial charge in [-0.2, -0.15) is 13.2 Å². The fourth-order valence-corrected chi connectivity index (χ4v) is 5.93. The second-order valence-electron chi connectivity index (χ2n) is 6.03. The molecule has 1 amide bonds. The minimum absolute atomic E-state index is 0.0318. The zero-order valence-corrected chi connectivity index (χ0v) is 15.2. The van der Waals surface area contributed by atoms with Crippen LogP contribution in [0.1, 0.15) is 32.5 Å². The molecule has 0 saturated carbocycles. The number of halogens is 3. The Kier molecular flexibility index (Phi) is 5.12. The summed E-state index contributed by atoms with van der Waals surface area (Å²) in [6.45, 7) is 0.270. The lowest BCUT2D eigenvalue weighted by molar-refractivity contribution is -0.137. The summed E-state index contributed by atoms with van der Waals surface area (Å²) in [5, 5.41) is 1.16. The summed E-state index contributed by atoms with van der Waals surface area (Å²) in [6.07, 6.45) is -4.19. The fourth-order valence-electron chi connectivity index (χ4n) is 2.93. The largest absolute Gasteiger partial charge is 0.416 e. The van der Waals surface area contributed by atoms with E-state index < -0.39 is 32.7 Å². The van der Waals surface area contributed by atoms with Gasteiger partial charge in [-0.1, -0.05) is 6.07 Å². The molecule has 1 unspecified atom stereocenters. The van der Waals surface area contributed by atoms with Crippen LogP contribution in [0.25, 0.3) is 0 Å². The van der Waals surface area contributed by atoms with Crippen molar-refractivity contribution in [2.24, 2.45) is 0 Å². The average Bonchev–Trinajstić information content (AvgIpc) is 3.05. The summed E-state index contributed by atoms with van der Waals surface area (Å²) in [5.74, 6) is -0.622. The standard InChI is InChI=1S/C17H16F3NO3S2/c18-17(19,20)13-5-3-12(4-6-13)16(22)21-8-7-15(14-2-1-10-25-14)26(23,24)11-9-21/h1-6,10,15H,7-9,11H2. The molecule has 1 aromatic heterocycles. The number of thiophene rings is 1. The number of amides is 1. The van der Waals surface area contributed by atoms with Gasteiger partial charge in [0, 0.05) is 23.5 Å². The first-order valence-electron chi connectivity index (χ1n) is 7.90. The molecule has 9 heteroatoms. The number of rotatable bonds is 2. The molecule has 0 spiro atoms. The van der Waals surface area contributed by atoms with E-state index in [1.165, 1.54) is 16.2 Å². The Morgan fingerprint density at radius 3 is 2.38 bits per heavy atom. The van der Waals surface area contributed by atoms with Crippen LogP contribution in [0.2, 0.25) is 0 Å². The van der Waals surface area contributed by atoms with Gasteiger partial charge in [-0.3, -0.25) is 4.79 Å². The molecule has 2 heterocycles. The van der Waals surface area contributed by atoms with Gasteiger partial charge >= 0.3 is 6.18 Å². The number of nitrogens with zero attached hydrogens (tertiary/aromatic N) is 1. The van der Waals surface area contributed by atoms with Gasteiger partial charge in [0.1, 0.15) is 0 Å². The van der Waals surface area contributed by atoms with Crippen molar-refractivity contribution in [1.29, 1.82) is 0 Å². The average molecular weight is 403 g/mol. The van der Waals surface area contributed by atoms with Crippen LogP contribution in [0.5, 0.6) is 0 Å². The van der Waals surface area contributed by atoms with Crippen molar-refractivity contribution in [3.05, 3.63) is 57.8 Å². The van der Waals surface area contributed by atoms with E-state index in [1.54, 1.807) is 17.5 Å². The van der Waals surface area contributed by atoms with E-state index in [4.69, 9.17) is 0 Å². The molecule has 0 radical (unpaired) electrons. The number of sulfone groups is 1. The maximum Gasteiger partial charge on any atom is 0.416 e. The molecule has 140 valence electrons. The van der Waals surface area contributed by atoms with Crippen molar-refractivity contribution in [2.45, 2.75) is 17.8 Å². The van der Waals surface area contributed by atoms with Crippen LogP contribution < -0.4 is 0 Å². The van der Waals surface area contributed by atoms with Crippen molar-refractivity contribution in [3.8, 4) is 0 Å². The molecule has 0 N–H and O–H groups in total. The summed E-state index contributed by atoms with van der Waals surface area (Å²) in [6, 6.07) is 7.51. The molecule has 1 aliphatic heterocycles. The second kappa shape index (κ2) is 7.03. The zero-order chi connectivity index (χ0) is 18.9. The highest BCUT2D eigenvalue weighted by Gasteiger charge is 2.34. The van der Waals surface area contributed by atoms with Gasteiger partial charge in [-0.15, -0.1) is 11.3 Å². The summed E-state index contributed by atoms with van der Waals surface area (Å²) in [4.78, 5) is 14.7. The fraction of sp³-hybridized carbons (Fsp3) is 0.353. The molecular weight excluding hydrogens is 387 g/mol. The Balaban J connectivity index is 1.77. The quantitative estimate of drug-likeness (QED) is 0.767. The van der Waals surface area contributed by atoms with Gasteiger partial charge in [0.25, 0.3) is 5.91 Å². The zero-order valence-electron chi connectivity index (χ0n) is 13.6. The van der Waals surface area contributed by atoms with Crippen LogP contribution in [-0.2, 0) is 16.0 Å². The molecule has 0 aliphatic carbocycles. The Hall–Kier alpha value is -1.87. The Bertz CT molecular complexity index is 875. The third-order valence-electron chi connectivity index (χ3n) is 4.35. The van der Waals surface area contributed by atoms with E-state index in [2.05, 4.69) is 0 Å². The summed E-state index contributed by atoms with van der Waals surface area (Å²) in [5.41, 5.74) is -0.713. The first-order valence-corrected chi connectivity index (χ1v) is 10.5. The lowest BCUT2D eigenvalue weighted by atomic mass is 10.1. The first kappa shape index (κ1) is 18.9. The van der Waals surface area contributed by atoms with Gasteiger partial charge in [0.05, 0.1) is 16.6 Å². The van der Waals surface area contributed by atoms with Crippen LogP contribution in [0.15, 0.2) is 41.8 Å². The van der Waals surface area contributed by atoms with Crippen molar-refractivity contribution >= 4 is 27.1 Å². The molecule has 1 aromatic carbocycles. The maximum atomic E-state index is 12.6. The topological polar surface area (TPSA) is 54.5 Å². The van der Waals surface area contributed by atoms with E-state index >= 15 is 0 Å². The minimum Gasteiger partial charge on any atom is -0.338 e. The molecule has 1 fully saturated rings. The smallest absolute Gasteiger partial charge is 0.338 e. The maximum absolute atomic E-state index is 12.6. The number of hydrogen-bond donors (Lipinski definition) is 0. The molecule has 0 bridgehead atoms. The lowest BCUT2D eigenvalue weighted by Crippen LogP contribution is -2.33. The highest BCUT2D eigenvalue weighted by atomic mass is 32.2. The van der Waals surface area contributed by atoms with Crippen LogP contribution >= 0.6 is 11.3 Å². The van der Waals surface area contributed by atoms with Crippen molar-refractivity contribution in [3.63, 3.8) is 0 Å². The number of carbonyl (C=O) groups excluding carboxylic acids is 1.